The van der Waals surface area contributed by atoms with E-state index in [4.69, 9.17) is 9.47 Å². The lowest BCUT2D eigenvalue weighted by Gasteiger charge is -2.10. The number of rotatable bonds is 5. The first-order valence-corrected chi connectivity index (χ1v) is 12.5. The number of esters is 2. The van der Waals surface area contributed by atoms with Crippen molar-refractivity contribution >= 4 is 33.5 Å². The van der Waals surface area contributed by atoms with Gasteiger partial charge in [0.05, 0.1) is 11.1 Å². The van der Waals surface area contributed by atoms with Gasteiger partial charge < -0.3 is 19.7 Å². The van der Waals surface area contributed by atoms with Gasteiger partial charge in [0.15, 0.2) is 0 Å². The Labute approximate surface area is 229 Å². The smallest absolute Gasteiger partial charge is 0.343 e. The highest BCUT2D eigenvalue weighted by Crippen LogP contribution is 2.33. The third-order valence-corrected chi connectivity index (χ3v) is 6.70. The van der Waals surface area contributed by atoms with Crippen molar-refractivity contribution in [3.8, 4) is 34.1 Å². The third-order valence-electron chi connectivity index (χ3n) is 6.70. The van der Waals surface area contributed by atoms with Crippen LogP contribution in [-0.2, 0) is 0 Å². The summed E-state index contributed by atoms with van der Waals surface area (Å²) in [5.74, 6) is -0.0549. The zero-order valence-corrected chi connectivity index (χ0v) is 21.1. The molecule has 0 saturated heterocycles. The standard InChI is InChI=1S/C34H22O6/c35-29-9-1-7-27-25(29)5-3-11-31(27)39-33(37)23-17-13-21(14-18-23)22-15-19-24(20-16-22)34(38)40-32-12-4-6-26-28(32)8-2-10-30(26)36/h1-20,35-36H. The Bertz CT molecular complexity index is 1750. The van der Waals surface area contributed by atoms with Crippen LogP contribution in [-0.4, -0.2) is 22.2 Å². The van der Waals surface area contributed by atoms with E-state index in [-0.39, 0.29) is 11.5 Å². The number of hydrogen-bond acceptors (Lipinski definition) is 6. The Morgan fingerprint density at radius 1 is 0.425 bits per heavy atom. The summed E-state index contributed by atoms with van der Waals surface area (Å²) < 4.78 is 11.2. The van der Waals surface area contributed by atoms with E-state index >= 15 is 0 Å². The molecule has 6 nitrogen and oxygen atoms in total. The molecule has 194 valence electrons. The Balaban J connectivity index is 1.16. The van der Waals surface area contributed by atoms with E-state index in [0.717, 1.165) is 11.1 Å². The second kappa shape index (κ2) is 10.3. The van der Waals surface area contributed by atoms with E-state index in [2.05, 4.69) is 0 Å². The fourth-order valence-corrected chi connectivity index (χ4v) is 4.62. The Morgan fingerprint density at radius 3 is 1.18 bits per heavy atom. The largest absolute Gasteiger partial charge is 0.507 e. The van der Waals surface area contributed by atoms with Gasteiger partial charge in [0.1, 0.15) is 23.0 Å². The molecule has 6 aromatic rings. The summed E-state index contributed by atoms with van der Waals surface area (Å²) >= 11 is 0. The van der Waals surface area contributed by atoms with Gasteiger partial charge in [-0.3, -0.25) is 0 Å². The van der Waals surface area contributed by atoms with Crippen LogP contribution in [0.5, 0.6) is 23.0 Å². The molecular weight excluding hydrogens is 504 g/mol. The van der Waals surface area contributed by atoms with E-state index in [1.165, 1.54) is 0 Å². The maximum absolute atomic E-state index is 12.8. The number of phenolic OH excluding ortho intramolecular Hbond substituents is 2. The van der Waals surface area contributed by atoms with Crippen molar-refractivity contribution in [2.45, 2.75) is 0 Å². The average Bonchev–Trinajstić information content (AvgIpc) is 2.98. The maximum Gasteiger partial charge on any atom is 0.343 e. The number of benzene rings is 6. The minimum atomic E-state index is -0.512. The predicted molar refractivity (Wildman–Crippen MR) is 153 cm³/mol. The molecule has 0 saturated carbocycles. The molecule has 0 aromatic heterocycles. The van der Waals surface area contributed by atoms with Crippen molar-refractivity contribution in [1.82, 2.24) is 0 Å². The van der Waals surface area contributed by atoms with Gasteiger partial charge in [-0.05, 0) is 59.7 Å². The molecule has 40 heavy (non-hydrogen) atoms. The fraction of sp³-hybridized carbons (Fsp3) is 0. The fourth-order valence-electron chi connectivity index (χ4n) is 4.62. The van der Waals surface area contributed by atoms with Crippen LogP contribution >= 0.6 is 0 Å². The monoisotopic (exact) mass is 526 g/mol. The summed E-state index contributed by atoms with van der Waals surface area (Å²) in [7, 11) is 0. The van der Waals surface area contributed by atoms with Crippen molar-refractivity contribution in [3.05, 3.63) is 132 Å². The van der Waals surface area contributed by atoms with Crippen LogP contribution in [0, 0.1) is 0 Å². The van der Waals surface area contributed by atoms with Gasteiger partial charge in [0, 0.05) is 21.5 Å². The normalized spacial score (nSPS) is 10.9. The van der Waals surface area contributed by atoms with Gasteiger partial charge in [-0.25, -0.2) is 9.59 Å². The van der Waals surface area contributed by atoms with Gasteiger partial charge in [-0.15, -0.1) is 0 Å². The Hall–Kier alpha value is -5.62. The zero-order chi connectivity index (χ0) is 27.6. The number of carbonyl (C=O) groups excluding carboxylic acids is 2. The second-order valence-corrected chi connectivity index (χ2v) is 9.19. The number of aromatic hydroxyl groups is 2. The van der Waals surface area contributed by atoms with E-state index in [1.807, 2.05) is 0 Å². The summed E-state index contributed by atoms with van der Waals surface area (Å²) in [4.78, 5) is 25.6. The zero-order valence-electron chi connectivity index (χ0n) is 21.1. The topological polar surface area (TPSA) is 93.1 Å². The molecule has 0 radical (unpaired) electrons. The van der Waals surface area contributed by atoms with Crippen LogP contribution in [0.2, 0.25) is 0 Å². The highest BCUT2D eigenvalue weighted by Gasteiger charge is 2.14. The molecule has 0 aliphatic carbocycles. The molecular formula is C34H22O6. The van der Waals surface area contributed by atoms with Crippen LogP contribution in [0.4, 0.5) is 0 Å². The Kier molecular flexibility index (Phi) is 6.34. The molecule has 0 atom stereocenters. The van der Waals surface area contributed by atoms with Gasteiger partial charge in [0.25, 0.3) is 0 Å². The molecule has 0 fully saturated rings. The van der Waals surface area contributed by atoms with E-state index < -0.39 is 11.9 Å². The van der Waals surface area contributed by atoms with E-state index in [0.29, 0.717) is 44.2 Å². The highest BCUT2D eigenvalue weighted by atomic mass is 16.5. The molecule has 0 unspecified atom stereocenters. The quantitative estimate of drug-likeness (QED) is 0.178. The molecule has 6 rings (SSSR count). The highest BCUT2D eigenvalue weighted by molar-refractivity contribution is 5.99. The van der Waals surface area contributed by atoms with Crippen molar-refractivity contribution in [1.29, 1.82) is 0 Å². The number of fused-ring (bicyclic) bond motifs is 2. The van der Waals surface area contributed by atoms with Crippen molar-refractivity contribution in [3.63, 3.8) is 0 Å². The summed E-state index contributed by atoms with van der Waals surface area (Å²) in [6, 6.07) is 34.4. The minimum absolute atomic E-state index is 0.118. The summed E-state index contributed by atoms with van der Waals surface area (Å²) in [5, 5.41) is 22.6. The van der Waals surface area contributed by atoms with Crippen LogP contribution < -0.4 is 9.47 Å². The molecule has 0 spiro atoms. The minimum Gasteiger partial charge on any atom is -0.507 e. The number of ether oxygens (including phenoxy) is 2. The van der Waals surface area contributed by atoms with Crippen LogP contribution in [0.15, 0.2) is 121 Å². The van der Waals surface area contributed by atoms with Crippen LogP contribution in [0.25, 0.3) is 32.7 Å². The molecule has 0 heterocycles. The average molecular weight is 527 g/mol. The lowest BCUT2D eigenvalue weighted by Crippen LogP contribution is -2.09. The van der Waals surface area contributed by atoms with Crippen molar-refractivity contribution < 1.29 is 29.3 Å². The summed E-state index contributed by atoms with van der Waals surface area (Å²) in [5.41, 5.74) is 2.47. The first-order chi connectivity index (χ1) is 19.5. The second-order valence-electron chi connectivity index (χ2n) is 9.19. The maximum atomic E-state index is 12.8. The van der Waals surface area contributed by atoms with E-state index in [9.17, 15) is 19.8 Å². The third kappa shape index (κ3) is 4.70. The van der Waals surface area contributed by atoms with Crippen LogP contribution in [0.1, 0.15) is 20.7 Å². The van der Waals surface area contributed by atoms with Gasteiger partial charge in [-0.2, -0.15) is 0 Å². The number of hydrogen-bond donors (Lipinski definition) is 2. The molecule has 6 aromatic carbocycles. The summed E-state index contributed by atoms with van der Waals surface area (Å²) in [6.07, 6.45) is 0. The molecule has 6 heteroatoms. The lowest BCUT2D eigenvalue weighted by atomic mass is 10.0. The molecule has 0 aliphatic rings. The van der Waals surface area contributed by atoms with Gasteiger partial charge in [0.2, 0.25) is 0 Å². The first kappa shape index (κ1) is 24.7. The van der Waals surface area contributed by atoms with Crippen molar-refractivity contribution in [2.75, 3.05) is 0 Å². The summed E-state index contributed by atoms with van der Waals surface area (Å²) in [6.45, 7) is 0. The molecule has 0 aliphatic heterocycles. The van der Waals surface area contributed by atoms with Gasteiger partial charge >= 0.3 is 11.9 Å². The SMILES string of the molecule is O=C(Oc1cccc2c(O)cccc12)c1ccc(-c2ccc(C(=O)Oc3cccc4c(O)cccc34)cc2)cc1. The Morgan fingerprint density at radius 2 is 0.775 bits per heavy atom. The van der Waals surface area contributed by atoms with Crippen LogP contribution in [0.3, 0.4) is 0 Å². The number of carbonyl (C=O) groups is 2. The lowest BCUT2D eigenvalue weighted by molar-refractivity contribution is 0.0727. The molecule has 0 amide bonds. The molecule has 2 N–H and O–H groups in total. The number of phenols is 2. The van der Waals surface area contributed by atoms with Crippen molar-refractivity contribution in [2.24, 2.45) is 0 Å². The predicted octanol–water partition coefficient (Wildman–Crippen LogP) is 7.51. The van der Waals surface area contributed by atoms with Gasteiger partial charge in [-0.1, -0.05) is 72.8 Å². The molecule has 0 bridgehead atoms. The van der Waals surface area contributed by atoms with E-state index in [1.54, 1.807) is 121 Å². The first-order valence-electron chi connectivity index (χ1n) is 12.5.